The molecular weight excluding hydrogens is 380 g/mol. The molecule has 3 rings (SSSR count). The topological polar surface area (TPSA) is 108 Å². The number of carbonyl (C=O) groups excluding carboxylic acids is 1. The number of nitriles is 2. The van der Waals surface area contributed by atoms with Crippen molar-refractivity contribution in [3.8, 4) is 17.9 Å². The van der Waals surface area contributed by atoms with E-state index >= 15 is 0 Å². The maximum absolute atomic E-state index is 11.5. The number of hydrogen-bond acceptors (Lipinski definition) is 5. The van der Waals surface area contributed by atoms with E-state index in [-0.39, 0.29) is 17.2 Å². The van der Waals surface area contributed by atoms with Gasteiger partial charge in [0.2, 0.25) is 5.69 Å². The van der Waals surface area contributed by atoms with Gasteiger partial charge in [0.25, 0.3) is 5.91 Å². The maximum Gasteiger partial charge on any atom is 0.260 e. The number of aryl methyl sites for hydroxylation is 2. The molecule has 1 aromatic heterocycles. The fourth-order valence-electron chi connectivity index (χ4n) is 2.97. The lowest BCUT2D eigenvalue weighted by atomic mass is 10.1. The van der Waals surface area contributed by atoms with Gasteiger partial charge in [-0.1, -0.05) is 24.6 Å². The predicted octanol–water partition coefficient (Wildman–Crippen LogP) is 3.57. The molecule has 2 aromatic rings. The first kappa shape index (κ1) is 22.2. The second-order valence-corrected chi connectivity index (χ2v) is 6.60. The third-order valence-corrected chi connectivity index (χ3v) is 4.51. The predicted molar refractivity (Wildman–Crippen MR) is 112 cm³/mol. The van der Waals surface area contributed by atoms with Crippen molar-refractivity contribution in [2.24, 2.45) is 4.99 Å². The number of rotatable bonds is 4. The highest BCUT2D eigenvalue weighted by atomic mass is 16.5. The van der Waals surface area contributed by atoms with E-state index in [1.807, 2.05) is 51.1 Å². The Bertz CT molecular complexity index is 1090. The standard InChI is InChI=1S/C13H19NO2.C9H3N5/c1-5-11(13(15)14-4)16-12-7-6-9(2)8-10(12)3;1-12-8-4-14-5-13-7(3-11)9(14)6(8)2-10/h6-8,11H,5H2,1-4H3,(H,14,15);4-5,7H. The van der Waals surface area contributed by atoms with Crippen LogP contribution in [0.5, 0.6) is 5.75 Å². The number of nitrogens with one attached hydrogen (secondary N) is 1. The van der Waals surface area contributed by atoms with Crippen LogP contribution in [0, 0.1) is 43.1 Å². The zero-order chi connectivity index (χ0) is 22.3. The highest BCUT2D eigenvalue weighted by molar-refractivity contribution is 5.80. The minimum atomic E-state index is -0.653. The van der Waals surface area contributed by atoms with Crippen LogP contribution in [0.3, 0.4) is 0 Å². The van der Waals surface area contributed by atoms with Crippen molar-refractivity contribution < 1.29 is 9.53 Å². The summed E-state index contributed by atoms with van der Waals surface area (Å²) in [6.07, 6.45) is 3.22. The van der Waals surface area contributed by atoms with Crippen LogP contribution in [-0.2, 0) is 4.79 Å². The lowest BCUT2D eigenvalue weighted by Crippen LogP contribution is -2.35. The Morgan fingerprint density at radius 3 is 2.70 bits per heavy atom. The van der Waals surface area contributed by atoms with Crippen molar-refractivity contribution >= 4 is 17.9 Å². The molecule has 0 spiro atoms. The van der Waals surface area contributed by atoms with E-state index in [0.29, 0.717) is 12.1 Å². The Morgan fingerprint density at radius 2 is 2.17 bits per heavy atom. The number of nitrogens with zero attached hydrogens (tertiary/aromatic N) is 5. The van der Waals surface area contributed by atoms with Crippen LogP contribution in [-0.4, -0.2) is 30.0 Å². The molecule has 2 atom stereocenters. The smallest absolute Gasteiger partial charge is 0.260 e. The van der Waals surface area contributed by atoms with Gasteiger partial charge in [0.15, 0.2) is 12.1 Å². The van der Waals surface area contributed by atoms with Gasteiger partial charge in [-0.2, -0.15) is 10.5 Å². The molecule has 152 valence electrons. The molecule has 0 radical (unpaired) electrons. The van der Waals surface area contributed by atoms with Crippen LogP contribution in [0.4, 0.5) is 5.69 Å². The number of aliphatic imine (C=N–C) groups is 1. The van der Waals surface area contributed by atoms with Crippen molar-refractivity contribution in [3.05, 3.63) is 58.2 Å². The van der Waals surface area contributed by atoms with E-state index in [1.54, 1.807) is 11.6 Å². The van der Waals surface area contributed by atoms with E-state index in [0.717, 1.165) is 11.3 Å². The van der Waals surface area contributed by atoms with Crippen LogP contribution in [0.25, 0.3) is 4.85 Å². The van der Waals surface area contributed by atoms with Crippen molar-refractivity contribution in [3.63, 3.8) is 0 Å². The maximum atomic E-state index is 11.5. The number of aromatic nitrogens is 1. The largest absolute Gasteiger partial charge is 0.480 e. The van der Waals surface area contributed by atoms with Gasteiger partial charge in [0.05, 0.1) is 36.3 Å². The Hall–Kier alpha value is -4.09. The molecule has 8 nitrogen and oxygen atoms in total. The summed E-state index contributed by atoms with van der Waals surface area (Å²) in [5, 5.41) is 20.2. The highest BCUT2D eigenvalue weighted by Gasteiger charge is 2.25. The number of amides is 1. The van der Waals surface area contributed by atoms with Crippen LogP contribution >= 0.6 is 0 Å². The molecule has 1 aliphatic rings. The molecule has 2 unspecified atom stereocenters. The molecule has 0 fully saturated rings. The zero-order valence-electron chi connectivity index (χ0n) is 17.3. The van der Waals surface area contributed by atoms with Crippen molar-refractivity contribution in [1.82, 2.24) is 9.88 Å². The van der Waals surface area contributed by atoms with Crippen molar-refractivity contribution in [2.45, 2.75) is 39.3 Å². The van der Waals surface area contributed by atoms with Crippen LogP contribution in [0.2, 0.25) is 0 Å². The molecule has 0 bridgehead atoms. The van der Waals surface area contributed by atoms with Crippen molar-refractivity contribution in [2.75, 3.05) is 7.05 Å². The van der Waals surface area contributed by atoms with Crippen LogP contribution in [0.15, 0.2) is 29.4 Å². The second-order valence-electron chi connectivity index (χ2n) is 6.60. The quantitative estimate of drug-likeness (QED) is 0.789. The molecule has 1 aliphatic heterocycles. The lowest BCUT2D eigenvalue weighted by molar-refractivity contribution is -0.127. The van der Waals surface area contributed by atoms with E-state index in [4.69, 9.17) is 21.8 Å². The number of carbonyl (C=O) groups is 1. The van der Waals surface area contributed by atoms with Gasteiger partial charge in [-0.3, -0.25) is 9.79 Å². The average molecular weight is 402 g/mol. The molecule has 1 amide bonds. The molecule has 1 N–H and O–H groups in total. The highest BCUT2D eigenvalue weighted by Crippen LogP contribution is 2.32. The third-order valence-electron chi connectivity index (χ3n) is 4.51. The van der Waals surface area contributed by atoms with E-state index < -0.39 is 12.1 Å². The zero-order valence-corrected chi connectivity index (χ0v) is 17.3. The summed E-state index contributed by atoms with van der Waals surface area (Å²) in [6, 6.07) is 9.18. The van der Waals surface area contributed by atoms with Gasteiger partial charge in [0, 0.05) is 13.2 Å². The molecule has 0 saturated heterocycles. The van der Waals surface area contributed by atoms with Gasteiger partial charge in [0.1, 0.15) is 5.75 Å². The summed E-state index contributed by atoms with van der Waals surface area (Å²) in [5.74, 6) is 0.698. The number of likely N-dealkylation sites (N-methyl/N-ethyl adjacent to an activating group) is 1. The summed E-state index contributed by atoms with van der Waals surface area (Å²) in [5.41, 5.74) is 3.28. The number of benzene rings is 1. The van der Waals surface area contributed by atoms with E-state index in [1.165, 1.54) is 18.1 Å². The Labute approximate surface area is 175 Å². The van der Waals surface area contributed by atoms with Gasteiger partial charge in [-0.25, -0.2) is 4.85 Å². The monoisotopic (exact) mass is 402 g/mol. The SMILES string of the molecule is CCC(Oc1ccc(C)cc1C)C(=O)NC.[C-]#[N+]c1cn2c(c1C#N)C(C#N)N=C2. The van der Waals surface area contributed by atoms with E-state index in [9.17, 15) is 4.79 Å². The fourth-order valence-corrected chi connectivity index (χ4v) is 2.97. The lowest BCUT2D eigenvalue weighted by Gasteiger charge is -2.17. The fraction of sp³-hybridized carbons (Fsp3) is 0.318. The molecule has 1 aromatic carbocycles. The first-order valence-electron chi connectivity index (χ1n) is 9.30. The summed E-state index contributed by atoms with van der Waals surface area (Å²) in [7, 11) is 1.62. The molecule has 30 heavy (non-hydrogen) atoms. The normalized spacial score (nSPS) is 14.2. The Morgan fingerprint density at radius 1 is 1.43 bits per heavy atom. The van der Waals surface area contributed by atoms with Gasteiger partial charge in [-0.05, 0) is 31.9 Å². The number of fused-ring (bicyclic) bond motifs is 1. The molecular formula is C22H22N6O2. The summed E-state index contributed by atoms with van der Waals surface area (Å²) < 4.78 is 7.25. The summed E-state index contributed by atoms with van der Waals surface area (Å²) in [4.78, 5) is 18.6. The Kier molecular flexibility index (Phi) is 7.33. The van der Waals surface area contributed by atoms with Crippen LogP contribution in [0.1, 0.15) is 41.8 Å². The first-order chi connectivity index (χ1) is 14.4. The minimum Gasteiger partial charge on any atom is -0.480 e. The summed E-state index contributed by atoms with van der Waals surface area (Å²) >= 11 is 0. The number of ether oxygens (including phenoxy) is 1. The molecule has 0 aliphatic carbocycles. The Balaban J connectivity index is 0.000000215. The van der Waals surface area contributed by atoms with Gasteiger partial charge in [-0.15, -0.1) is 0 Å². The molecule has 8 heteroatoms. The van der Waals surface area contributed by atoms with Crippen molar-refractivity contribution in [1.29, 1.82) is 10.5 Å². The molecule has 0 saturated carbocycles. The minimum absolute atomic E-state index is 0.0810. The first-order valence-corrected chi connectivity index (χ1v) is 9.30. The third kappa shape index (κ3) is 4.66. The summed E-state index contributed by atoms with van der Waals surface area (Å²) in [6.45, 7) is 12.8. The van der Waals surface area contributed by atoms with Crippen LogP contribution < -0.4 is 10.1 Å². The average Bonchev–Trinajstić information content (AvgIpc) is 3.31. The molecule has 2 heterocycles. The number of hydrogen-bond donors (Lipinski definition) is 1. The second kappa shape index (κ2) is 9.91. The van der Waals surface area contributed by atoms with E-state index in [2.05, 4.69) is 15.2 Å². The van der Waals surface area contributed by atoms with Gasteiger partial charge < -0.3 is 14.6 Å². The van der Waals surface area contributed by atoms with Gasteiger partial charge >= 0.3 is 0 Å².